The van der Waals surface area contributed by atoms with Gasteiger partial charge >= 0.3 is 0 Å². The van der Waals surface area contributed by atoms with Gasteiger partial charge < -0.3 is 10.2 Å². The Hall–Kier alpha value is -1.55. The van der Waals surface area contributed by atoms with Crippen LogP contribution in [0.15, 0.2) is 24.3 Å². The lowest BCUT2D eigenvalue weighted by Crippen LogP contribution is -2.49. The van der Waals surface area contributed by atoms with Crippen LogP contribution in [0, 0.1) is 11.8 Å². The van der Waals surface area contributed by atoms with Crippen molar-refractivity contribution in [1.82, 2.24) is 10.2 Å². The molecule has 24 heavy (non-hydrogen) atoms. The second kappa shape index (κ2) is 6.40. The van der Waals surface area contributed by atoms with Crippen molar-refractivity contribution < 1.29 is 9.59 Å². The Labute approximate surface area is 147 Å². The van der Waals surface area contributed by atoms with E-state index in [1.807, 2.05) is 24.3 Å². The topological polar surface area (TPSA) is 49.4 Å². The summed E-state index contributed by atoms with van der Waals surface area (Å²) in [6.07, 6.45) is 6.04. The van der Waals surface area contributed by atoms with Crippen LogP contribution in [0.2, 0.25) is 5.02 Å². The van der Waals surface area contributed by atoms with Crippen LogP contribution in [0.5, 0.6) is 0 Å². The number of carbonyl (C=O) groups excluding carboxylic acids is 2. The van der Waals surface area contributed by atoms with Crippen LogP contribution < -0.4 is 5.32 Å². The van der Waals surface area contributed by atoms with E-state index in [0.717, 1.165) is 17.9 Å². The summed E-state index contributed by atoms with van der Waals surface area (Å²) < 4.78 is 0. The van der Waals surface area contributed by atoms with E-state index < -0.39 is 0 Å². The van der Waals surface area contributed by atoms with E-state index in [1.165, 1.54) is 19.3 Å². The molecule has 0 aromatic heterocycles. The summed E-state index contributed by atoms with van der Waals surface area (Å²) in [5.41, 5.74) is 1.01. The Morgan fingerprint density at radius 1 is 1.17 bits per heavy atom. The van der Waals surface area contributed by atoms with Crippen molar-refractivity contribution in [2.75, 3.05) is 0 Å². The maximum absolute atomic E-state index is 12.8. The van der Waals surface area contributed by atoms with Gasteiger partial charge in [-0.2, -0.15) is 0 Å². The summed E-state index contributed by atoms with van der Waals surface area (Å²) in [5, 5.41) is 3.92. The molecule has 1 heterocycles. The van der Waals surface area contributed by atoms with Crippen molar-refractivity contribution in [2.45, 2.75) is 57.2 Å². The number of halogens is 1. The maximum atomic E-state index is 12.8. The number of carbonyl (C=O) groups is 2. The lowest BCUT2D eigenvalue weighted by molar-refractivity contribution is -0.136. The van der Waals surface area contributed by atoms with Crippen molar-refractivity contribution in [3.63, 3.8) is 0 Å². The number of nitrogens with one attached hydrogen (secondary N) is 1. The number of hydrogen-bond acceptors (Lipinski definition) is 2. The Morgan fingerprint density at radius 2 is 1.96 bits per heavy atom. The fourth-order valence-corrected chi connectivity index (χ4v) is 4.82. The highest BCUT2D eigenvalue weighted by atomic mass is 35.5. The van der Waals surface area contributed by atoms with Gasteiger partial charge in [0, 0.05) is 24.0 Å². The molecule has 3 fully saturated rings. The molecule has 1 N–H and O–H groups in total. The Balaban J connectivity index is 1.42. The van der Waals surface area contributed by atoms with Crippen molar-refractivity contribution >= 4 is 23.4 Å². The maximum Gasteiger partial charge on any atom is 0.243 e. The van der Waals surface area contributed by atoms with Gasteiger partial charge in [0.2, 0.25) is 11.8 Å². The molecule has 4 atom stereocenters. The molecule has 0 spiro atoms. The molecule has 1 saturated heterocycles. The molecule has 0 radical (unpaired) electrons. The molecule has 5 heteroatoms. The van der Waals surface area contributed by atoms with Gasteiger partial charge in [-0.1, -0.05) is 30.2 Å². The van der Waals surface area contributed by atoms with Crippen LogP contribution in [-0.4, -0.2) is 28.8 Å². The van der Waals surface area contributed by atoms with E-state index in [4.69, 9.17) is 11.6 Å². The predicted molar refractivity (Wildman–Crippen MR) is 92.4 cm³/mol. The highest BCUT2D eigenvalue weighted by Crippen LogP contribution is 2.44. The first-order chi connectivity index (χ1) is 11.6. The average Bonchev–Trinajstić information content (AvgIpc) is 3.26. The fraction of sp³-hybridized carbons (Fsp3) is 0.579. The van der Waals surface area contributed by atoms with Gasteiger partial charge in [-0.3, -0.25) is 9.59 Å². The summed E-state index contributed by atoms with van der Waals surface area (Å²) in [6, 6.07) is 7.47. The molecule has 1 aromatic carbocycles. The Morgan fingerprint density at radius 3 is 2.62 bits per heavy atom. The van der Waals surface area contributed by atoms with Crippen LogP contribution in [0.3, 0.4) is 0 Å². The zero-order chi connectivity index (χ0) is 16.7. The van der Waals surface area contributed by atoms with Gasteiger partial charge in [0.1, 0.15) is 6.04 Å². The molecule has 4 unspecified atom stereocenters. The molecule has 4 rings (SSSR count). The smallest absolute Gasteiger partial charge is 0.243 e. The van der Waals surface area contributed by atoms with Crippen LogP contribution >= 0.6 is 11.6 Å². The van der Waals surface area contributed by atoms with Crippen LogP contribution in [0.4, 0.5) is 0 Å². The molecule has 2 bridgehead atoms. The zero-order valence-electron chi connectivity index (χ0n) is 13.7. The fourth-order valence-electron chi connectivity index (χ4n) is 4.69. The molecule has 2 amide bonds. The number of hydrogen-bond donors (Lipinski definition) is 1. The SMILES string of the molecule is O=C(NC1CC2CCC1C2)C1CCC(=O)N1Cc1ccc(Cl)cc1. The number of fused-ring (bicyclic) bond motifs is 2. The molecular formula is C19H23ClN2O2. The molecule has 2 aliphatic carbocycles. The largest absolute Gasteiger partial charge is 0.351 e. The summed E-state index contributed by atoms with van der Waals surface area (Å²) in [4.78, 5) is 26.7. The highest BCUT2D eigenvalue weighted by Gasteiger charge is 2.42. The van der Waals surface area contributed by atoms with Gasteiger partial charge in [0.05, 0.1) is 0 Å². The molecule has 2 saturated carbocycles. The van der Waals surface area contributed by atoms with E-state index in [9.17, 15) is 9.59 Å². The highest BCUT2D eigenvalue weighted by molar-refractivity contribution is 6.30. The van der Waals surface area contributed by atoms with E-state index in [-0.39, 0.29) is 17.9 Å². The van der Waals surface area contributed by atoms with E-state index in [2.05, 4.69) is 5.32 Å². The lowest BCUT2D eigenvalue weighted by Gasteiger charge is -2.28. The summed E-state index contributed by atoms with van der Waals surface area (Å²) in [5.74, 6) is 1.56. The minimum atomic E-state index is -0.327. The molecule has 128 valence electrons. The lowest BCUT2D eigenvalue weighted by atomic mass is 9.95. The molecule has 1 aliphatic heterocycles. The minimum Gasteiger partial charge on any atom is -0.351 e. The third-order valence-electron chi connectivity index (χ3n) is 5.96. The Kier molecular flexibility index (Phi) is 4.25. The monoisotopic (exact) mass is 346 g/mol. The van der Waals surface area contributed by atoms with Crippen molar-refractivity contribution in [2.24, 2.45) is 11.8 Å². The first-order valence-corrected chi connectivity index (χ1v) is 9.32. The van der Waals surface area contributed by atoms with Gasteiger partial charge in [-0.15, -0.1) is 0 Å². The molecular weight excluding hydrogens is 324 g/mol. The van der Waals surface area contributed by atoms with Crippen LogP contribution in [-0.2, 0) is 16.1 Å². The average molecular weight is 347 g/mol. The van der Waals surface area contributed by atoms with Gasteiger partial charge in [-0.05, 0) is 55.2 Å². The number of likely N-dealkylation sites (tertiary alicyclic amines) is 1. The van der Waals surface area contributed by atoms with Crippen LogP contribution in [0.25, 0.3) is 0 Å². The molecule has 3 aliphatic rings. The van der Waals surface area contributed by atoms with Gasteiger partial charge in [0.25, 0.3) is 0 Å². The predicted octanol–water partition coefficient (Wildman–Crippen LogP) is 3.14. The van der Waals surface area contributed by atoms with Gasteiger partial charge in [-0.25, -0.2) is 0 Å². The Bertz CT molecular complexity index is 645. The third kappa shape index (κ3) is 3.04. The van der Waals surface area contributed by atoms with Crippen molar-refractivity contribution in [1.29, 1.82) is 0 Å². The standard InChI is InChI=1S/C19H23ClN2O2/c20-15-5-2-12(3-6-15)11-22-17(7-8-18(22)23)19(24)21-16-10-13-1-4-14(16)9-13/h2-3,5-6,13-14,16-17H,1,4,7-11H2,(H,21,24). The second-order valence-corrected chi connectivity index (χ2v) is 7.93. The number of benzene rings is 1. The second-order valence-electron chi connectivity index (χ2n) is 7.49. The van der Waals surface area contributed by atoms with Crippen molar-refractivity contribution in [3.05, 3.63) is 34.9 Å². The summed E-state index contributed by atoms with van der Waals surface area (Å²) >= 11 is 5.92. The van der Waals surface area contributed by atoms with Crippen molar-refractivity contribution in [3.8, 4) is 0 Å². The number of nitrogens with zero attached hydrogens (tertiary/aromatic N) is 1. The first-order valence-electron chi connectivity index (χ1n) is 8.94. The minimum absolute atomic E-state index is 0.0346. The first kappa shape index (κ1) is 15.9. The number of amides is 2. The van der Waals surface area contributed by atoms with Crippen LogP contribution in [0.1, 0.15) is 44.1 Å². The van der Waals surface area contributed by atoms with Gasteiger partial charge in [0.15, 0.2) is 0 Å². The third-order valence-corrected chi connectivity index (χ3v) is 6.21. The van der Waals surface area contributed by atoms with E-state index in [0.29, 0.717) is 36.4 Å². The van der Waals surface area contributed by atoms with E-state index >= 15 is 0 Å². The normalized spacial score (nSPS) is 31.7. The summed E-state index contributed by atoms with van der Waals surface area (Å²) in [6.45, 7) is 0.477. The molecule has 4 nitrogen and oxygen atoms in total. The van der Waals surface area contributed by atoms with E-state index in [1.54, 1.807) is 4.90 Å². The molecule has 1 aromatic rings. The number of rotatable bonds is 4. The zero-order valence-corrected chi connectivity index (χ0v) is 14.5. The quantitative estimate of drug-likeness (QED) is 0.910. The summed E-state index contributed by atoms with van der Waals surface area (Å²) in [7, 11) is 0.